The van der Waals surface area contributed by atoms with E-state index in [2.05, 4.69) is 5.32 Å². The summed E-state index contributed by atoms with van der Waals surface area (Å²) in [6.45, 7) is 2.50. The van der Waals surface area contributed by atoms with Gasteiger partial charge in [-0.2, -0.15) is 0 Å². The third-order valence-electron chi connectivity index (χ3n) is 3.56. The largest absolute Gasteiger partial charge is 0.463 e. The highest BCUT2D eigenvalue weighted by molar-refractivity contribution is 5.83. The summed E-state index contributed by atoms with van der Waals surface area (Å²) in [4.78, 5) is 24.2. The fourth-order valence-electron chi connectivity index (χ4n) is 2.36. The number of amides is 1. The number of fused-ring (bicyclic) bond motifs is 1. The molecule has 0 radical (unpaired) electrons. The van der Waals surface area contributed by atoms with Crippen LogP contribution in [-0.4, -0.2) is 12.6 Å². The van der Waals surface area contributed by atoms with Crippen LogP contribution in [0.1, 0.15) is 13.3 Å². The van der Waals surface area contributed by atoms with Crippen molar-refractivity contribution in [1.29, 1.82) is 0 Å². The van der Waals surface area contributed by atoms with Crippen LogP contribution in [0.2, 0.25) is 0 Å². The minimum absolute atomic E-state index is 0.121. The highest BCUT2D eigenvalue weighted by Gasteiger charge is 2.11. The van der Waals surface area contributed by atoms with Gasteiger partial charge in [-0.05, 0) is 24.1 Å². The van der Waals surface area contributed by atoms with E-state index in [1.165, 1.54) is 12.3 Å². The minimum Gasteiger partial charge on any atom is -0.463 e. The highest BCUT2D eigenvalue weighted by atomic mass is 16.6. The second-order valence-electron chi connectivity index (χ2n) is 5.32. The second kappa shape index (κ2) is 7.00. The molecule has 0 aliphatic rings. The minimum atomic E-state index is -0.528. The molecular formula is C19H17NO4. The van der Waals surface area contributed by atoms with Crippen molar-refractivity contribution in [3.8, 4) is 16.9 Å². The number of ether oxygens (including phenoxy) is 1. The van der Waals surface area contributed by atoms with E-state index < -0.39 is 6.09 Å². The lowest BCUT2D eigenvalue weighted by Gasteiger charge is -2.07. The SMILES string of the molecule is CCCNC(=O)Oc1ccc2c(=O)c(-c3ccccc3)coc2c1. The topological polar surface area (TPSA) is 68.5 Å². The smallest absolute Gasteiger partial charge is 0.412 e. The molecule has 0 unspecified atom stereocenters. The van der Waals surface area contributed by atoms with Gasteiger partial charge in [0.25, 0.3) is 0 Å². The van der Waals surface area contributed by atoms with Gasteiger partial charge in [0.15, 0.2) is 5.43 Å². The molecule has 2 aromatic carbocycles. The zero-order valence-corrected chi connectivity index (χ0v) is 13.2. The van der Waals surface area contributed by atoms with Crippen LogP contribution in [0.4, 0.5) is 4.79 Å². The summed E-state index contributed by atoms with van der Waals surface area (Å²) in [7, 11) is 0. The van der Waals surface area contributed by atoms with E-state index in [4.69, 9.17) is 9.15 Å². The van der Waals surface area contributed by atoms with Gasteiger partial charge in [0.2, 0.25) is 0 Å². The van der Waals surface area contributed by atoms with E-state index in [1.807, 2.05) is 37.3 Å². The number of rotatable bonds is 4. The molecule has 1 N–H and O–H groups in total. The molecule has 0 saturated heterocycles. The summed E-state index contributed by atoms with van der Waals surface area (Å²) in [6, 6.07) is 14.1. The van der Waals surface area contributed by atoms with E-state index in [1.54, 1.807) is 12.1 Å². The van der Waals surface area contributed by atoms with Crippen LogP contribution in [0, 0.1) is 0 Å². The van der Waals surface area contributed by atoms with Gasteiger partial charge >= 0.3 is 6.09 Å². The standard InChI is InChI=1S/C19H17NO4/c1-2-10-20-19(22)24-14-8-9-15-17(11-14)23-12-16(18(15)21)13-6-4-3-5-7-13/h3-9,11-12H,2,10H2,1H3,(H,20,22). The van der Waals surface area contributed by atoms with Crippen LogP contribution in [0.15, 0.2) is 64.0 Å². The first kappa shape index (κ1) is 15.8. The molecule has 0 saturated carbocycles. The van der Waals surface area contributed by atoms with Crippen molar-refractivity contribution >= 4 is 17.1 Å². The molecule has 0 atom stereocenters. The first-order valence-electron chi connectivity index (χ1n) is 7.75. The first-order valence-corrected chi connectivity index (χ1v) is 7.75. The molecule has 0 bridgehead atoms. The molecule has 24 heavy (non-hydrogen) atoms. The second-order valence-corrected chi connectivity index (χ2v) is 5.32. The Bertz CT molecular complexity index is 916. The molecule has 5 heteroatoms. The van der Waals surface area contributed by atoms with Crippen LogP contribution in [-0.2, 0) is 0 Å². The number of carbonyl (C=O) groups excluding carboxylic acids is 1. The summed E-state index contributed by atoms with van der Waals surface area (Å²) in [5, 5.41) is 3.06. The van der Waals surface area contributed by atoms with Gasteiger partial charge in [-0.1, -0.05) is 37.3 Å². The lowest BCUT2D eigenvalue weighted by atomic mass is 10.1. The zero-order valence-electron chi connectivity index (χ0n) is 13.2. The van der Waals surface area contributed by atoms with Gasteiger partial charge in [0, 0.05) is 12.6 Å². The normalized spacial score (nSPS) is 10.5. The number of carbonyl (C=O) groups is 1. The van der Waals surface area contributed by atoms with E-state index in [0.717, 1.165) is 12.0 Å². The maximum Gasteiger partial charge on any atom is 0.412 e. The quantitative estimate of drug-likeness (QED) is 0.789. The van der Waals surface area contributed by atoms with Gasteiger partial charge in [0.1, 0.15) is 17.6 Å². The molecular weight excluding hydrogens is 306 g/mol. The summed E-state index contributed by atoms with van der Waals surface area (Å²) in [5.41, 5.74) is 1.55. The van der Waals surface area contributed by atoms with E-state index in [0.29, 0.717) is 28.8 Å². The predicted molar refractivity (Wildman–Crippen MR) is 92.2 cm³/mol. The van der Waals surface area contributed by atoms with Crippen LogP contribution in [0.3, 0.4) is 0 Å². The van der Waals surface area contributed by atoms with E-state index in [9.17, 15) is 9.59 Å². The average molecular weight is 323 g/mol. The molecule has 0 spiro atoms. The lowest BCUT2D eigenvalue weighted by Crippen LogP contribution is -2.27. The predicted octanol–water partition coefficient (Wildman–Crippen LogP) is 3.96. The summed E-state index contributed by atoms with van der Waals surface area (Å²) in [6.07, 6.45) is 1.73. The van der Waals surface area contributed by atoms with Gasteiger partial charge in [-0.15, -0.1) is 0 Å². The Morgan fingerprint density at radius 2 is 1.96 bits per heavy atom. The fraction of sp³-hybridized carbons (Fsp3) is 0.158. The van der Waals surface area contributed by atoms with Gasteiger partial charge in [0.05, 0.1) is 10.9 Å². The van der Waals surface area contributed by atoms with Gasteiger partial charge < -0.3 is 14.5 Å². The maximum absolute atomic E-state index is 12.6. The Morgan fingerprint density at radius 3 is 2.71 bits per heavy atom. The summed E-state index contributed by atoms with van der Waals surface area (Å²) < 4.78 is 10.7. The molecule has 1 heterocycles. The molecule has 1 amide bonds. The fourth-order valence-corrected chi connectivity index (χ4v) is 2.36. The Hall–Kier alpha value is -3.08. The molecule has 0 aliphatic heterocycles. The lowest BCUT2D eigenvalue weighted by molar-refractivity contribution is 0.200. The van der Waals surface area contributed by atoms with Crippen molar-refractivity contribution < 1.29 is 13.9 Å². The van der Waals surface area contributed by atoms with Crippen molar-refractivity contribution in [1.82, 2.24) is 5.32 Å². The van der Waals surface area contributed by atoms with Crippen molar-refractivity contribution in [3.63, 3.8) is 0 Å². The molecule has 1 aromatic heterocycles. The van der Waals surface area contributed by atoms with Crippen LogP contribution >= 0.6 is 0 Å². The Kier molecular flexibility index (Phi) is 4.61. The third kappa shape index (κ3) is 3.30. The Balaban J connectivity index is 1.93. The Morgan fingerprint density at radius 1 is 1.17 bits per heavy atom. The van der Waals surface area contributed by atoms with Crippen LogP contribution < -0.4 is 15.5 Å². The van der Waals surface area contributed by atoms with E-state index >= 15 is 0 Å². The average Bonchev–Trinajstić information content (AvgIpc) is 2.61. The van der Waals surface area contributed by atoms with Crippen molar-refractivity contribution in [2.45, 2.75) is 13.3 Å². The van der Waals surface area contributed by atoms with Crippen molar-refractivity contribution in [2.75, 3.05) is 6.54 Å². The molecule has 5 nitrogen and oxygen atoms in total. The van der Waals surface area contributed by atoms with Gasteiger partial charge in [-0.25, -0.2) is 4.79 Å². The van der Waals surface area contributed by atoms with Crippen molar-refractivity contribution in [3.05, 3.63) is 65.0 Å². The van der Waals surface area contributed by atoms with Crippen LogP contribution in [0.5, 0.6) is 5.75 Å². The number of benzene rings is 2. The third-order valence-corrected chi connectivity index (χ3v) is 3.56. The van der Waals surface area contributed by atoms with Gasteiger partial charge in [-0.3, -0.25) is 4.79 Å². The van der Waals surface area contributed by atoms with Crippen LogP contribution in [0.25, 0.3) is 22.1 Å². The first-order chi connectivity index (χ1) is 11.7. The van der Waals surface area contributed by atoms with E-state index in [-0.39, 0.29) is 5.43 Å². The number of hydrogen-bond donors (Lipinski definition) is 1. The highest BCUT2D eigenvalue weighted by Crippen LogP contribution is 2.23. The molecule has 3 aromatic rings. The zero-order chi connectivity index (χ0) is 16.9. The number of nitrogens with one attached hydrogen (secondary N) is 1. The monoisotopic (exact) mass is 323 g/mol. The molecule has 0 aliphatic carbocycles. The van der Waals surface area contributed by atoms with Crippen molar-refractivity contribution in [2.24, 2.45) is 0 Å². The molecule has 3 rings (SSSR count). The summed E-state index contributed by atoms with van der Waals surface area (Å²) in [5.74, 6) is 0.326. The Labute approximate surface area is 138 Å². The number of hydrogen-bond acceptors (Lipinski definition) is 4. The molecule has 0 fully saturated rings. The maximum atomic E-state index is 12.6. The summed E-state index contributed by atoms with van der Waals surface area (Å²) >= 11 is 0. The molecule has 122 valence electrons.